The summed E-state index contributed by atoms with van der Waals surface area (Å²) < 4.78 is 11.5. The Labute approximate surface area is 163 Å². The van der Waals surface area contributed by atoms with Gasteiger partial charge in [-0.3, -0.25) is 4.90 Å². The molecule has 3 nitrogen and oxygen atoms in total. The minimum atomic E-state index is -0.429. The predicted molar refractivity (Wildman–Crippen MR) is 111 cm³/mol. The van der Waals surface area contributed by atoms with Crippen LogP contribution in [0.3, 0.4) is 0 Å². The largest absolute Gasteiger partial charge is 0.366 e. The van der Waals surface area contributed by atoms with Crippen LogP contribution in [0.1, 0.15) is 31.2 Å². The molecule has 0 aliphatic carbocycles. The SMILES string of the molecule is COC(C)(C)C#CC=CCN(C)C(OCc1ccccc1)c1ccccc1. The van der Waals surface area contributed by atoms with Crippen molar-refractivity contribution >= 4 is 0 Å². The molecule has 2 aromatic carbocycles. The minimum absolute atomic E-state index is 0.126. The van der Waals surface area contributed by atoms with Crippen LogP contribution in [0.5, 0.6) is 0 Å². The van der Waals surface area contributed by atoms with Gasteiger partial charge in [0.25, 0.3) is 0 Å². The van der Waals surface area contributed by atoms with E-state index in [1.54, 1.807) is 7.11 Å². The molecule has 0 aliphatic heterocycles. The molecule has 0 spiro atoms. The van der Waals surface area contributed by atoms with Gasteiger partial charge in [0.1, 0.15) is 11.8 Å². The molecule has 3 heteroatoms. The standard InChI is InChI=1S/C24H29NO2/c1-24(2,26-4)18-12-7-13-19-25(3)23(22-16-10-6-11-17-22)27-20-21-14-8-5-9-15-21/h5-11,13-17,23H,19-20H2,1-4H3. The Bertz CT molecular complexity index is 757. The maximum Gasteiger partial charge on any atom is 0.137 e. The molecule has 0 radical (unpaired) electrons. The van der Waals surface area contributed by atoms with Crippen LogP contribution in [0.25, 0.3) is 0 Å². The lowest BCUT2D eigenvalue weighted by molar-refractivity contribution is -0.0554. The summed E-state index contributed by atoms with van der Waals surface area (Å²) in [5.74, 6) is 6.13. The summed E-state index contributed by atoms with van der Waals surface area (Å²) in [6.45, 7) is 5.19. The fraction of sp³-hybridized carbons (Fsp3) is 0.333. The summed E-state index contributed by atoms with van der Waals surface area (Å²) >= 11 is 0. The van der Waals surface area contributed by atoms with E-state index in [0.717, 1.165) is 17.7 Å². The zero-order valence-corrected chi connectivity index (χ0v) is 16.7. The Kier molecular flexibility index (Phi) is 8.29. The normalized spacial score (nSPS) is 12.8. The van der Waals surface area contributed by atoms with Gasteiger partial charge in [-0.15, -0.1) is 0 Å². The van der Waals surface area contributed by atoms with Crippen molar-refractivity contribution < 1.29 is 9.47 Å². The summed E-state index contributed by atoms with van der Waals surface area (Å²) in [5.41, 5.74) is 1.87. The number of ether oxygens (including phenoxy) is 2. The zero-order valence-electron chi connectivity index (χ0n) is 16.7. The van der Waals surface area contributed by atoms with Crippen LogP contribution in [-0.4, -0.2) is 31.2 Å². The van der Waals surface area contributed by atoms with Crippen molar-refractivity contribution in [3.63, 3.8) is 0 Å². The van der Waals surface area contributed by atoms with E-state index in [1.165, 1.54) is 0 Å². The van der Waals surface area contributed by atoms with Gasteiger partial charge in [0.05, 0.1) is 6.61 Å². The second kappa shape index (κ2) is 10.7. The molecule has 0 saturated heterocycles. The summed E-state index contributed by atoms with van der Waals surface area (Å²) in [6.07, 6.45) is 3.79. The molecule has 1 atom stereocenters. The van der Waals surface area contributed by atoms with E-state index in [4.69, 9.17) is 9.47 Å². The molecule has 2 aromatic rings. The summed E-state index contributed by atoms with van der Waals surface area (Å²) in [7, 11) is 3.72. The molecule has 0 amide bonds. The van der Waals surface area contributed by atoms with Gasteiger partial charge in [0.15, 0.2) is 0 Å². The second-order valence-corrected chi connectivity index (χ2v) is 6.89. The third-order valence-corrected chi connectivity index (χ3v) is 4.21. The van der Waals surface area contributed by atoms with Gasteiger partial charge >= 0.3 is 0 Å². The van der Waals surface area contributed by atoms with Gasteiger partial charge < -0.3 is 9.47 Å². The van der Waals surface area contributed by atoms with Gasteiger partial charge in [-0.05, 0) is 38.1 Å². The zero-order chi connectivity index (χ0) is 19.5. The van der Waals surface area contributed by atoms with Crippen LogP contribution < -0.4 is 0 Å². The van der Waals surface area contributed by atoms with Crippen LogP contribution in [0.4, 0.5) is 0 Å². The Hall–Kier alpha value is -2.38. The molecule has 0 aliphatic rings. The van der Waals surface area contributed by atoms with Crippen LogP contribution >= 0.6 is 0 Å². The Morgan fingerprint density at radius 1 is 1.04 bits per heavy atom. The minimum Gasteiger partial charge on any atom is -0.366 e. The molecule has 142 valence electrons. The smallest absolute Gasteiger partial charge is 0.137 e. The molecule has 0 fully saturated rings. The number of benzene rings is 2. The molecule has 0 heterocycles. The maximum absolute atomic E-state index is 6.24. The molecule has 0 aromatic heterocycles. The number of nitrogens with zero attached hydrogens (tertiary/aromatic N) is 1. The number of methoxy groups -OCH3 is 1. The summed E-state index contributed by atoms with van der Waals surface area (Å²) in [6, 6.07) is 20.5. The van der Waals surface area contributed by atoms with Crippen LogP contribution in [0.2, 0.25) is 0 Å². The number of allylic oxidation sites excluding steroid dienone is 1. The van der Waals surface area contributed by atoms with Crippen LogP contribution in [0.15, 0.2) is 72.8 Å². The van der Waals surface area contributed by atoms with E-state index in [9.17, 15) is 0 Å². The van der Waals surface area contributed by atoms with Gasteiger partial charge in [0.2, 0.25) is 0 Å². The van der Waals surface area contributed by atoms with Crippen molar-refractivity contribution in [3.8, 4) is 11.8 Å². The lowest BCUT2D eigenvalue weighted by atomic mass is 10.1. The quantitative estimate of drug-likeness (QED) is 0.496. The van der Waals surface area contributed by atoms with E-state index >= 15 is 0 Å². The average molecular weight is 364 g/mol. The first kappa shape index (κ1) is 20.9. The highest BCUT2D eigenvalue weighted by atomic mass is 16.5. The fourth-order valence-electron chi connectivity index (χ4n) is 2.49. The number of rotatable bonds is 8. The molecule has 0 N–H and O–H groups in total. The monoisotopic (exact) mass is 363 g/mol. The first-order chi connectivity index (χ1) is 13.0. The second-order valence-electron chi connectivity index (χ2n) is 6.89. The summed E-state index contributed by atoms with van der Waals surface area (Å²) in [4.78, 5) is 2.16. The molecule has 1 unspecified atom stereocenters. The molecular formula is C24H29NO2. The van der Waals surface area contributed by atoms with Crippen molar-refractivity contribution in [1.29, 1.82) is 0 Å². The molecule has 0 bridgehead atoms. The van der Waals surface area contributed by atoms with Crippen molar-refractivity contribution in [2.24, 2.45) is 0 Å². The predicted octanol–water partition coefficient (Wildman–Crippen LogP) is 4.82. The Balaban J connectivity index is 2.02. The fourth-order valence-corrected chi connectivity index (χ4v) is 2.49. The van der Waals surface area contributed by atoms with E-state index < -0.39 is 5.60 Å². The molecule has 0 saturated carbocycles. The Morgan fingerprint density at radius 3 is 2.30 bits per heavy atom. The third kappa shape index (κ3) is 7.40. The van der Waals surface area contributed by atoms with E-state index in [-0.39, 0.29) is 6.23 Å². The highest BCUT2D eigenvalue weighted by Gasteiger charge is 2.16. The van der Waals surface area contributed by atoms with Crippen LogP contribution in [0, 0.1) is 11.8 Å². The Morgan fingerprint density at radius 2 is 1.67 bits per heavy atom. The van der Waals surface area contributed by atoms with Crippen molar-refractivity contribution in [3.05, 3.63) is 83.9 Å². The van der Waals surface area contributed by atoms with Gasteiger partial charge in [-0.2, -0.15) is 0 Å². The molecule has 2 rings (SSSR count). The van der Waals surface area contributed by atoms with Gasteiger partial charge in [-0.25, -0.2) is 0 Å². The lowest BCUT2D eigenvalue weighted by Crippen LogP contribution is -2.27. The van der Waals surface area contributed by atoms with Gasteiger partial charge in [-0.1, -0.05) is 78.6 Å². The highest BCUT2D eigenvalue weighted by Crippen LogP contribution is 2.22. The van der Waals surface area contributed by atoms with E-state index in [0.29, 0.717) is 6.61 Å². The summed E-state index contributed by atoms with van der Waals surface area (Å²) in [5, 5.41) is 0. The highest BCUT2D eigenvalue weighted by molar-refractivity contribution is 5.22. The number of hydrogen-bond donors (Lipinski definition) is 0. The average Bonchev–Trinajstić information content (AvgIpc) is 2.69. The van der Waals surface area contributed by atoms with Gasteiger partial charge in [0, 0.05) is 13.7 Å². The first-order valence-corrected chi connectivity index (χ1v) is 9.15. The topological polar surface area (TPSA) is 21.7 Å². The van der Waals surface area contributed by atoms with Crippen LogP contribution in [-0.2, 0) is 16.1 Å². The van der Waals surface area contributed by atoms with E-state index in [1.807, 2.05) is 62.4 Å². The van der Waals surface area contributed by atoms with Crippen molar-refractivity contribution in [2.75, 3.05) is 20.7 Å². The molecular weight excluding hydrogens is 334 g/mol. The maximum atomic E-state index is 6.24. The van der Waals surface area contributed by atoms with E-state index in [2.05, 4.69) is 48.1 Å². The molecule has 27 heavy (non-hydrogen) atoms. The van der Waals surface area contributed by atoms with Crippen molar-refractivity contribution in [1.82, 2.24) is 4.90 Å². The number of hydrogen-bond acceptors (Lipinski definition) is 3. The first-order valence-electron chi connectivity index (χ1n) is 9.15. The third-order valence-electron chi connectivity index (χ3n) is 4.21. The van der Waals surface area contributed by atoms with Crippen molar-refractivity contribution in [2.45, 2.75) is 32.3 Å². The number of likely N-dealkylation sites (N-methyl/N-ethyl adjacent to an activating group) is 1. The lowest BCUT2D eigenvalue weighted by Gasteiger charge is -2.27.